The van der Waals surface area contributed by atoms with Gasteiger partial charge in [-0.2, -0.15) is 0 Å². The predicted molar refractivity (Wildman–Crippen MR) is 116 cm³/mol. The van der Waals surface area contributed by atoms with Gasteiger partial charge in [0.05, 0.1) is 12.3 Å². The van der Waals surface area contributed by atoms with E-state index >= 15 is 0 Å². The van der Waals surface area contributed by atoms with E-state index in [0.717, 1.165) is 5.75 Å². The number of carbonyl (C=O) groups is 1. The van der Waals surface area contributed by atoms with Crippen molar-refractivity contribution >= 4 is 17.7 Å². The summed E-state index contributed by atoms with van der Waals surface area (Å²) < 4.78 is 25.1. The summed E-state index contributed by atoms with van der Waals surface area (Å²) in [6.07, 6.45) is -0.594. The van der Waals surface area contributed by atoms with Gasteiger partial charge in [-0.15, -0.1) is 10.2 Å². The van der Waals surface area contributed by atoms with Gasteiger partial charge in [0.1, 0.15) is 19.3 Å². The molecule has 0 saturated heterocycles. The third-order valence-corrected chi connectivity index (χ3v) is 6.11. The molecule has 0 spiro atoms. The smallest absolute Gasteiger partial charge is 0.230 e. The molecule has 2 aromatic carbocycles. The van der Waals surface area contributed by atoms with Gasteiger partial charge in [-0.3, -0.25) is 4.79 Å². The minimum absolute atomic E-state index is 0.117. The summed E-state index contributed by atoms with van der Waals surface area (Å²) in [5.74, 6) is 3.54. The average molecular weight is 455 g/mol. The highest BCUT2D eigenvalue weighted by Crippen LogP contribution is 2.36. The lowest BCUT2D eigenvalue weighted by atomic mass is 10.2. The van der Waals surface area contributed by atoms with Crippen LogP contribution in [0.4, 0.5) is 0 Å². The van der Waals surface area contributed by atoms with Crippen molar-refractivity contribution in [1.29, 1.82) is 0 Å². The van der Waals surface area contributed by atoms with Gasteiger partial charge in [0.25, 0.3) is 0 Å². The minimum Gasteiger partial charge on any atom is -0.486 e. The Hall–Kier alpha value is -3.40. The number of nitrogens with zero attached hydrogens (tertiary/aromatic N) is 3. The molecule has 0 radical (unpaired) electrons. The van der Waals surface area contributed by atoms with E-state index in [2.05, 4.69) is 15.5 Å². The van der Waals surface area contributed by atoms with Gasteiger partial charge in [-0.1, -0.05) is 36.0 Å². The van der Waals surface area contributed by atoms with Crippen molar-refractivity contribution in [2.45, 2.75) is 17.4 Å². The van der Waals surface area contributed by atoms with Crippen LogP contribution in [0.25, 0.3) is 0 Å². The zero-order chi connectivity index (χ0) is 21.9. The van der Waals surface area contributed by atoms with Crippen LogP contribution in [0, 0.1) is 0 Å². The molecular formula is C22H22N4O5S. The fraction of sp³-hybridized carbons (Fsp3) is 0.318. The molecule has 9 nitrogen and oxygen atoms in total. The summed E-state index contributed by atoms with van der Waals surface area (Å²) in [4.78, 5) is 12.3. The van der Waals surface area contributed by atoms with E-state index in [0.29, 0.717) is 48.0 Å². The highest BCUT2D eigenvalue weighted by atomic mass is 32.2. The van der Waals surface area contributed by atoms with Gasteiger partial charge in [-0.25, -0.2) is 0 Å². The van der Waals surface area contributed by atoms with Gasteiger partial charge >= 0.3 is 0 Å². The van der Waals surface area contributed by atoms with Crippen molar-refractivity contribution in [2.24, 2.45) is 7.05 Å². The minimum atomic E-state index is -0.364. The zero-order valence-electron chi connectivity index (χ0n) is 17.4. The number of carbonyl (C=O) groups excluding carboxylic acids is 1. The first-order chi connectivity index (χ1) is 15.7. The van der Waals surface area contributed by atoms with Gasteiger partial charge in [0.15, 0.2) is 40.1 Å². The largest absolute Gasteiger partial charge is 0.486 e. The molecule has 32 heavy (non-hydrogen) atoms. The number of nitrogens with one attached hydrogen (secondary N) is 1. The average Bonchev–Trinajstić information content (AvgIpc) is 3.21. The number of fused-ring (bicyclic) bond motifs is 2. The molecule has 0 fully saturated rings. The Bertz CT molecular complexity index is 1120. The highest BCUT2D eigenvalue weighted by molar-refractivity contribution is 7.99. The molecule has 0 bridgehead atoms. The molecular weight excluding hydrogens is 432 g/mol. The van der Waals surface area contributed by atoms with Crippen LogP contribution >= 0.6 is 11.8 Å². The summed E-state index contributed by atoms with van der Waals surface area (Å²) in [5, 5.41) is 12.0. The fourth-order valence-electron chi connectivity index (χ4n) is 3.45. The second-order valence-corrected chi connectivity index (χ2v) is 8.30. The van der Waals surface area contributed by atoms with E-state index in [1.807, 2.05) is 60.1 Å². The number of aromatic nitrogens is 3. The van der Waals surface area contributed by atoms with Crippen molar-refractivity contribution in [2.75, 3.05) is 25.5 Å². The molecule has 2 aliphatic rings. The predicted octanol–water partition coefficient (Wildman–Crippen LogP) is 2.38. The SMILES string of the molecule is Cn1c(SCC(=O)NCC2COc3ccccc3O2)nnc1C1COc2ccccc2O1. The topological polar surface area (TPSA) is 96.7 Å². The Morgan fingerprint density at radius 3 is 2.41 bits per heavy atom. The van der Waals surface area contributed by atoms with Crippen LogP contribution in [-0.2, 0) is 11.8 Å². The maximum Gasteiger partial charge on any atom is 0.230 e. The highest BCUT2D eigenvalue weighted by Gasteiger charge is 2.27. The Morgan fingerprint density at radius 2 is 1.66 bits per heavy atom. The molecule has 1 N–H and O–H groups in total. The first kappa shape index (κ1) is 20.5. The second-order valence-electron chi connectivity index (χ2n) is 7.35. The normalized spacial score (nSPS) is 18.8. The summed E-state index contributed by atoms with van der Waals surface area (Å²) in [6.45, 7) is 1.11. The van der Waals surface area contributed by atoms with Gasteiger partial charge in [-0.05, 0) is 24.3 Å². The second kappa shape index (κ2) is 8.99. The first-order valence-electron chi connectivity index (χ1n) is 10.2. The molecule has 0 aliphatic carbocycles. The monoisotopic (exact) mass is 454 g/mol. The summed E-state index contributed by atoms with van der Waals surface area (Å²) in [7, 11) is 1.85. The molecule has 3 heterocycles. The number of para-hydroxylation sites is 4. The summed E-state index contributed by atoms with van der Waals surface area (Å²) >= 11 is 1.31. The number of hydrogen-bond donors (Lipinski definition) is 1. The zero-order valence-corrected chi connectivity index (χ0v) is 18.2. The van der Waals surface area contributed by atoms with Crippen molar-refractivity contribution in [3.05, 3.63) is 54.4 Å². The lowest BCUT2D eigenvalue weighted by molar-refractivity contribution is -0.119. The van der Waals surface area contributed by atoms with Crippen LogP contribution < -0.4 is 24.3 Å². The number of rotatable bonds is 6. The Balaban J connectivity index is 1.12. The molecule has 10 heteroatoms. The molecule has 1 aromatic heterocycles. The maximum absolute atomic E-state index is 12.3. The number of amides is 1. The first-order valence-corrected chi connectivity index (χ1v) is 11.2. The fourth-order valence-corrected chi connectivity index (χ4v) is 4.20. The van der Waals surface area contributed by atoms with E-state index in [1.54, 1.807) is 0 Å². The molecule has 2 atom stereocenters. The Morgan fingerprint density at radius 1 is 1.00 bits per heavy atom. The van der Waals surface area contributed by atoms with Gasteiger partial charge in [0, 0.05) is 7.05 Å². The van der Waals surface area contributed by atoms with Crippen LogP contribution in [0.2, 0.25) is 0 Å². The maximum atomic E-state index is 12.3. The van der Waals surface area contributed by atoms with Crippen molar-refractivity contribution < 1.29 is 23.7 Å². The standard InChI is InChI=1S/C22H22N4O5S/c1-26-21(19-12-29-16-7-3-5-9-18(16)31-19)24-25-22(26)32-13-20(27)23-10-14-11-28-15-6-2-4-8-17(15)30-14/h2-9,14,19H,10-13H2,1H3,(H,23,27). The third-order valence-electron chi connectivity index (χ3n) is 5.09. The molecule has 2 unspecified atom stereocenters. The lowest BCUT2D eigenvalue weighted by Crippen LogP contribution is -2.41. The van der Waals surface area contributed by atoms with Gasteiger partial charge < -0.3 is 28.8 Å². The number of ether oxygens (including phenoxy) is 4. The van der Waals surface area contributed by atoms with Crippen LogP contribution in [0.5, 0.6) is 23.0 Å². The molecule has 0 saturated carbocycles. The molecule has 1 amide bonds. The quantitative estimate of drug-likeness (QED) is 0.567. The van der Waals surface area contributed by atoms with E-state index in [4.69, 9.17) is 18.9 Å². The Kier molecular flexibility index (Phi) is 5.76. The molecule has 166 valence electrons. The van der Waals surface area contributed by atoms with E-state index in [1.165, 1.54) is 11.8 Å². The summed E-state index contributed by atoms with van der Waals surface area (Å²) in [6, 6.07) is 15.0. The van der Waals surface area contributed by atoms with Crippen LogP contribution in [0.15, 0.2) is 53.7 Å². The van der Waals surface area contributed by atoms with Crippen molar-refractivity contribution in [3.8, 4) is 23.0 Å². The van der Waals surface area contributed by atoms with Crippen molar-refractivity contribution in [3.63, 3.8) is 0 Å². The molecule has 2 aliphatic heterocycles. The third kappa shape index (κ3) is 4.31. The van der Waals surface area contributed by atoms with E-state index < -0.39 is 0 Å². The van der Waals surface area contributed by atoms with Gasteiger partial charge in [0.2, 0.25) is 5.91 Å². The van der Waals surface area contributed by atoms with Crippen molar-refractivity contribution in [1.82, 2.24) is 20.1 Å². The Labute approximate surface area is 189 Å². The van der Waals surface area contributed by atoms with E-state index in [9.17, 15) is 4.79 Å². The number of benzene rings is 2. The summed E-state index contributed by atoms with van der Waals surface area (Å²) in [5.41, 5.74) is 0. The van der Waals surface area contributed by atoms with Crippen LogP contribution in [0.1, 0.15) is 11.9 Å². The van der Waals surface area contributed by atoms with Crippen LogP contribution in [0.3, 0.4) is 0 Å². The molecule has 3 aromatic rings. The number of thioether (sulfide) groups is 1. The molecule has 5 rings (SSSR count). The van der Waals surface area contributed by atoms with Crippen LogP contribution in [-0.4, -0.2) is 52.3 Å². The number of hydrogen-bond acceptors (Lipinski definition) is 8. The lowest BCUT2D eigenvalue weighted by Gasteiger charge is -2.26. The van der Waals surface area contributed by atoms with E-state index in [-0.39, 0.29) is 23.9 Å².